The number of aliphatic carboxylic acids is 1. The molecule has 9 nitrogen and oxygen atoms in total. The number of rotatable bonds is 7. The first kappa shape index (κ1) is 21.8. The number of nitrogens with zero attached hydrogens (tertiary/aromatic N) is 3. The van der Waals surface area contributed by atoms with E-state index in [9.17, 15) is 19.5 Å². The van der Waals surface area contributed by atoms with E-state index in [1.54, 1.807) is 35.0 Å². The van der Waals surface area contributed by atoms with Gasteiger partial charge in [-0.15, -0.1) is 0 Å². The van der Waals surface area contributed by atoms with Crippen LogP contribution in [0.25, 0.3) is 0 Å². The second-order valence-corrected chi connectivity index (χ2v) is 8.65. The molecule has 166 valence electrons. The second-order valence-electron chi connectivity index (χ2n) is 7.56. The number of amidine groups is 1. The number of aliphatic imine (C=N–C) groups is 1. The first-order valence-electron chi connectivity index (χ1n) is 10.3. The molecule has 0 aliphatic carbocycles. The van der Waals surface area contributed by atoms with E-state index in [0.717, 1.165) is 23.2 Å². The zero-order valence-electron chi connectivity index (χ0n) is 17.2. The van der Waals surface area contributed by atoms with Gasteiger partial charge in [0.1, 0.15) is 0 Å². The third-order valence-electron chi connectivity index (χ3n) is 5.27. The molecule has 0 saturated carbocycles. The highest BCUT2D eigenvalue weighted by Gasteiger charge is 2.36. The van der Waals surface area contributed by atoms with Crippen LogP contribution in [0.4, 0.5) is 11.4 Å². The van der Waals surface area contributed by atoms with Crippen molar-refractivity contribution in [2.45, 2.75) is 18.9 Å². The Bertz CT molecular complexity index is 1050. The lowest BCUT2D eigenvalue weighted by Gasteiger charge is -2.20. The summed E-state index contributed by atoms with van der Waals surface area (Å²) < 4.78 is 0. The summed E-state index contributed by atoms with van der Waals surface area (Å²) >= 11 is 1.65. The predicted octanol–water partition coefficient (Wildman–Crippen LogP) is 2.28. The second kappa shape index (κ2) is 9.82. The highest BCUT2D eigenvalue weighted by molar-refractivity contribution is 8.14. The Morgan fingerprint density at radius 3 is 2.88 bits per heavy atom. The minimum Gasteiger partial charge on any atom is -0.481 e. The number of carbonyl (C=O) groups is 3. The van der Waals surface area contributed by atoms with Gasteiger partial charge in [0.15, 0.2) is 5.17 Å². The molecule has 0 spiro atoms. The minimum atomic E-state index is -1.03. The van der Waals surface area contributed by atoms with Gasteiger partial charge in [-0.25, -0.2) is 0 Å². The first-order chi connectivity index (χ1) is 15.5. The molecule has 3 N–H and O–H groups in total. The van der Waals surface area contributed by atoms with Crippen molar-refractivity contribution in [3.05, 3.63) is 54.4 Å². The number of aromatic nitrogens is 1. The number of nitrogens with one attached hydrogen (secondary N) is 2. The summed E-state index contributed by atoms with van der Waals surface area (Å²) in [4.78, 5) is 46.8. The van der Waals surface area contributed by atoms with Gasteiger partial charge in [-0.05, 0) is 29.8 Å². The van der Waals surface area contributed by atoms with Gasteiger partial charge < -0.3 is 20.6 Å². The van der Waals surface area contributed by atoms with Crippen LogP contribution >= 0.6 is 11.8 Å². The molecule has 2 aliphatic rings. The van der Waals surface area contributed by atoms with Crippen molar-refractivity contribution in [3.8, 4) is 0 Å². The molecule has 2 unspecified atom stereocenters. The van der Waals surface area contributed by atoms with Crippen LogP contribution in [0.15, 0.2) is 53.8 Å². The van der Waals surface area contributed by atoms with E-state index < -0.39 is 17.9 Å². The zero-order valence-corrected chi connectivity index (χ0v) is 18.0. The molecule has 10 heteroatoms. The zero-order chi connectivity index (χ0) is 22.5. The molecule has 1 fully saturated rings. The van der Waals surface area contributed by atoms with E-state index in [0.29, 0.717) is 11.3 Å². The number of carboxylic acids is 1. The Hall–Kier alpha value is -3.40. The lowest BCUT2D eigenvalue weighted by atomic mass is 10.0. The molecule has 2 aliphatic heterocycles. The fourth-order valence-corrected chi connectivity index (χ4v) is 4.47. The maximum atomic E-state index is 12.9. The van der Waals surface area contributed by atoms with Crippen molar-refractivity contribution in [2.75, 3.05) is 29.1 Å². The number of hydrogen-bond acceptors (Lipinski definition) is 7. The van der Waals surface area contributed by atoms with Crippen molar-refractivity contribution in [2.24, 2.45) is 10.9 Å². The predicted molar refractivity (Wildman–Crippen MR) is 123 cm³/mol. The molecule has 3 heterocycles. The maximum Gasteiger partial charge on any atom is 0.305 e. The van der Waals surface area contributed by atoms with Gasteiger partial charge in [0.05, 0.1) is 24.9 Å². The van der Waals surface area contributed by atoms with E-state index >= 15 is 0 Å². The molecule has 2 amide bonds. The maximum absolute atomic E-state index is 12.9. The summed E-state index contributed by atoms with van der Waals surface area (Å²) in [6.45, 7) is 1.02. The molecule has 1 aromatic carbocycles. The number of benzene rings is 1. The number of carbonyl (C=O) groups excluding carboxylic acids is 2. The molecule has 2 aromatic rings. The van der Waals surface area contributed by atoms with E-state index in [4.69, 9.17) is 0 Å². The summed E-state index contributed by atoms with van der Waals surface area (Å²) in [6, 6.07) is 10.1. The van der Waals surface area contributed by atoms with Crippen LogP contribution < -0.4 is 15.5 Å². The van der Waals surface area contributed by atoms with Crippen LogP contribution in [-0.4, -0.2) is 51.9 Å². The van der Waals surface area contributed by atoms with Crippen LogP contribution in [0.3, 0.4) is 0 Å². The third-order valence-corrected chi connectivity index (χ3v) is 6.16. The number of carboxylic acid groups (broad SMARTS) is 1. The number of anilines is 2. The summed E-state index contributed by atoms with van der Waals surface area (Å²) in [7, 11) is 0. The number of pyridine rings is 1. The standard InChI is InChI=1S/C22H23N5O4S/c28-19-9-15(21(31)26-18(11-20(29)30)14-3-2-6-23-12-14)13-27(19)17-5-1-4-16(10-17)25-22-24-7-8-32-22/h1-6,10,12,15,18H,7-9,11,13H2,(H,24,25)(H,26,31)(H,29,30). The van der Waals surface area contributed by atoms with Crippen LogP contribution in [-0.2, 0) is 14.4 Å². The Balaban J connectivity index is 1.43. The lowest BCUT2D eigenvalue weighted by Crippen LogP contribution is -2.36. The Kier molecular flexibility index (Phi) is 6.69. The summed E-state index contributed by atoms with van der Waals surface area (Å²) in [5.41, 5.74) is 2.14. The fourth-order valence-electron chi connectivity index (χ4n) is 3.72. The summed E-state index contributed by atoms with van der Waals surface area (Å²) in [5.74, 6) is -1.14. The topological polar surface area (TPSA) is 124 Å². The van der Waals surface area contributed by atoms with Gasteiger partial charge in [0.2, 0.25) is 11.8 Å². The minimum absolute atomic E-state index is 0.0683. The Morgan fingerprint density at radius 2 is 2.16 bits per heavy atom. The molecule has 0 bridgehead atoms. The van der Waals surface area contributed by atoms with E-state index in [2.05, 4.69) is 20.6 Å². The number of hydrogen-bond donors (Lipinski definition) is 3. The Labute approximate surface area is 189 Å². The molecule has 2 atom stereocenters. The normalized spacial score (nSPS) is 18.9. The molecule has 1 saturated heterocycles. The Morgan fingerprint density at radius 1 is 1.28 bits per heavy atom. The largest absolute Gasteiger partial charge is 0.481 e. The van der Waals surface area contributed by atoms with Crippen molar-refractivity contribution in [1.82, 2.24) is 10.3 Å². The average Bonchev–Trinajstić information content (AvgIpc) is 3.43. The van der Waals surface area contributed by atoms with Gasteiger partial charge in [-0.3, -0.25) is 24.4 Å². The third kappa shape index (κ3) is 5.25. The fraction of sp³-hybridized carbons (Fsp3) is 0.318. The molecular weight excluding hydrogens is 430 g/mol. The van der Waals surface area contributed by atoms with Crippen molar-refractivity contribution < 1.29 is 19.5 Å². The molecule has 0 radical (unpaired) electrons. The quantitative estimate of drug-likeness (QED) is 0.587. The summed E-state index contributed by atoms with van der Waals surface area (Å²) in [5, 5.41) is 16.1. The van der Waals surface area contributed by atoms with E-state index in [1.807, 2.05) is 24.3 Å². The van der Waals surface area contributed by atoms with Crippen LogP contribution in [0.5, 0.6) is 0 Å². The van der Waals surface area contributed by atoms with Gasteiger partial charge >= 0.3 is 5.97 Å². The first-order valence-corrected chi connectivity index (χ1v) is 11.2. The van der Waals surface area contributed by atoms with Crippen LogP contribution in [0, 0.1) is 5.92 Å². The number of amides is 2. The summed E-state index contributed by atoms with van der Waals surface area (Å²) in [6.07, 6.45) is 2.92. The van der Waals surface area contributed by atoms with Crippen LogP contribution in [0.1, 0.15) is 24.4 Å². The van der Waals surface area contributed by atoms with E-state index in [1.165, 1.54) is 6.20 Å². The van der Waals surface area contributed by atoms with Gasteiger partial charge in [-0.1, -0.05) is 23.9 Å². The molecule has 32 heavy (non-hydrogen) atoms. The van der Waals surface area contributed by atoms with Gasteiger partial charge in [0.25, 0.3) is 0 Å². The molecule has 1 aromatic heterocycles. The van der Waals surface area contributed by atoms with Gasteiger partial charge in [-0.2, -0.15) is 0 Å². The lowest BCUT2D eigenvalue weighted by molar-refractivity contribution is -0.138. The van der Waals surface area contributed by atoms with Gasteiger partial charge in [0, 0.05) is 42.5 Å². The highest BCUT2D eigenvalue weighted by Crippen LogP contribution is 2.29. The van der Waals surface area contributed by atoms with Crippen molar-refractivity contribution >= 4 is 46.1 Å². The SMILES string of the molecule is O=C(O)CC(NC(=O)C1CC(=O)N(c2cccc(NC3=NCCS3)c2)C1)c1cccnc1. The average molecular weight is 454 g/mol. The monoisotopic (exact) mass is 453 g/mol. The van der Waals surface area contributed by atoms with Crippen molar-refractivity contribution in [1.29, 1.82) is 0 Å². The molecular formula is C22H23N5O4S. The van der Waals surface area contributed by atoms with Crippen LogP contribution in [0.2, 0.25) is 0 Å². The smallest absolute Gasteiger partial charge is 0.305 e. The number of thioether (sulfide) groups is 1. The highest BCUT2D eigenvalue weighted by atomic mass is 32.2. The van der Waals surface area contributed by atoms with Crippen molar-refractivity contribution in [3.63, 3.8) is 0 Å². The van der Waals surface area contributed by atoms with E-state index in [-0.39, 0.29) is 31.2 Å². The molecule has 4 rings (SSSR count).